The second kappa shape index (κ2) is 10.8. The van der Waals surface area contributed by atoms with Crippen molar-refractivity contribution in [2.75, 3.05) is 19.0 Å². The maximum absolute atomic E-state index is 12.4. The van der Waals surface area contributed by atoms with Gasteiger partial charge in [0.15, 0.2) is 6.61 Å². The topological polar surface area (TPSA) is 107 Å². The Bertz CT molecular complexity index is 1060. The van der Waals surface area contributed by atoms with Gasteiger partial charge in [-0.25, -0.2) is 14.6 Å². The van der Waals surface area contributed by atoms with Gasteiger partial charge in [-0.15, -0.1) is 0 Å². The van der Waals surface area contributed by atoms with Crippen molar-refractivity contribution in [2.24, 2.45) is 0 Å². The zero-order chi connectivity index (χ0) is 22.1. The minimum absolute atomic E-state index is 0.229. The van der Waals surface area contributed by atoms with Crippen LogP contribution in [-0.4, -0.2) is 36.6 Å². The molecule has 1 aromatic heterocycles. The maximum atomic E-state index is 12.4. The van der Waals surface area contributed by atoms with E-state index in [-0.39, 0.29) is 5.56 Å². The average Bonchev–Trinajstić information content (AvgIpc) is 2.79. The van der Waals surface area contributed by atoms with Crippen molar-refractivity contribution in [2.45, 2.75) is 9.92 Å². The number of pyridine rings is 1. The van der Waals surface area contributed by atoms with Crippen LogP contribution in [0.5, 0.6) is 5.75 Å². The molecule has 8 nitrogen and oxygen atoms in total. The summed E-state index contributed by atoms with van der Waals surface area (Å²) in [4.78, 5) is 41.4. The third kappa shape index (κ3) is 6.58. The highest BCUT2D eigenvalue weighted by molar-refractivity contribution is 7.99. The predicted molar refractivity (Wildman–Crippen MR) is 115 cm³/mol. The molecule has 0 unspecified atom stereocenters. The molecule has 2 aromatic carbocycles. The molecule has 0 spiro atoms. The molecule has 1 heterocycles. The van der Waals surface area contributed by atoms with Crippen molar-refractivity contribution in [3.8, 4) is 5.75 Å². The van der Waals surface area contributed by atoms with E-state index in [0.717, 1.165) is 4.90 Å². The number of carbonyl (C=O) groups is 3. The summed E-state index contributed by atoms with van der Waals surface area (Å²) in [5.74, 6) is -0.841. The molecule has 0 atom stereocenters. The standard InChI is InChI=1S/C22H19N3O5S/c1-29-16-11-9-15(10-12-16)24-22(28)25-19(26)14-30-21(27)18-8-5-13-23-20(18)31-17-6-3-2-4-7-17/h2-13H,14H2,1H3,(H2,24,25,26,28). The number of imide groups is 1. The van der Waals surface area contributed by atoms with Crippen molar-refractivity contribution >= 4 is 35.4 Å². The van der Waals surface area contributed by atoms with Crippen LogP contribution in [0.2, 0.25) is 0 Å². The number of hydrogen-bond acceptors (Lipinski definition) is 7. The van der Waals surface area contributed by atoms with E-state index in [0.29, 0.717) is 16.5 Å². The van der Waals surface area contributed by atoms with Gasteiger partial charge in [0.05, 0.1) is 12.7 Å². The van der Waals surface area contributed by atoms with Crippen LogP contribution in [-0.2, 0) is 9.53 Å². The van der Waals surface area contributed by atoms with Crippen molar-refractivity contribution in [1.29, 1.82) is 0 Å². The Morgan fingerprint density at radius 3 is 2.42 bits per heavy atom. The molecule has 0 bridgehead atoms. The van der Waals surface area contributed by atoms with Gasteiger partial charge in [-0.05, 0) is 48.5 Å². The van der Waals surface area contributed by atoms with Gasteiger partial charge in [-0.1, -0.05) is 30.0 Å². The molecule has 158 valence electrons. The quantitative estimate of drug-likeness (QED) is 0.542. The van der Waals surface area contributed by atoms with E-state index >= 15 is 0 Å². The second-order valence-electron chi connectivity index (χ2n) is 6.08. The number of esters is 1. The minimum atomic E-state index is -0.763. The fraction of sp³-hybridized carbons (Fsp3) is 0.0909. The molecular formula is C22H19N3O5S. The molecule has 0 aliphatic rings. The van der Waals surface area contributed by atoms with Gasteiger partial charge in [0.2, 0.25) is 0 Å². The number of aromatic nitrogens is 1. The highest BCUT2D eigenvalue weighted by atomic mass is 32.2. The van der Waals surface area contributed by atoms with Crippen LogP contribution in [0.3, 0.4) is 0 Å². The van der Waals surface area contributed by atoms with Crippen LogP contribution in [0, 0.1) is 0 Å². The first-order valence-corrected chi connectivity index (χ1v) is 9.97. The zero-order valence-corrected chi connectivity index (χ0v) is 17.3. The van der Waals surface area contributed by atoms with Crippen LogP contribution in [0.4, 0.5) is 10.5 Å². The predicted octanol–water partition coefficient (Wildman–Crippen LogP) is 3.75. The molecule has 0 aliphatic carbocycles. The van der Waals surface area contributed by atoms with E-state index in [1.54, 1.807) is 42.6 Å². The molecule has 0 saturated carbocycles. The first kappa shape index (κ1) is 21.8. The van der Waals surface area contributed by atoms with E-state index in [1.165, 1.54) is 18.9 Å². The number of benzene rings is 2. The third-order valence-corrected chi connectivity index (χ3v) is 4.91. The zero-order valence-electron chi connectivity index (χ0n) is 16.5. The van der Waals surface area contributed by atoms with E-state index < -0.39 is 24.5 Å². The minimum Gasteiger partial charge on any atom is -0.497 e. The summed E-state index contributed by atoms with van der Waals surface area (Å²) in [6.07, 6.45) is 1.57. The number of nitrogens with one attached hydrogen (secondary N) is 2. The molecule has 0 radical (unpaired) electrons. The van der Waals surface area contributed by atoms with Gasteiger partial charge in [-0.2, -0.15) is 0 Å². The Hall–Kier alpha value is -3.85. The highest BCUT2D eigenvalue weighted by Crippen LogP contribution is 2.28. The van der Waals surface area contributed by atoms with Crippen molar-refractivity contribution in [1.82, 2.24) is 10.3 Å². The molecule has 0 fully saturated rings. The molecule has 31 heavy (non-hydrogen) atoms. The van der Waals surface area contributed by atoms with Gasteiger partial charge in [0, 0.05) is 16.8 Å². The molecule has 0 saturated heterocycles. The number of ether oxygens (including phenoxy) is 2. The SMILES string of the molecule is COc1ccc(NC(=O)NC(=O)COC(=O)c2cccnc2Sc2ccccc2)cc1. The van der Waals surface area contributed by atoms with Crippen LogP contribution >= 0.6 is 11.8 Å². The Labute approximate surface area is 183 Å². The number of hydrogen-bond donors (Lipinski definition) is 2. The van der Waals surface area contributed by atoms with Crippen molar-refractivity contribution in [3.05, 3.63) is 78.5 Å². The summed E-state index contributed by atoms with van der Waals surface area (Å²) >= 11 is 1.31. The Morgan fingerprint density at radius 1 is 0.968 bits per heavy atom. The lowest BCUT2D eigenvalue weighted by Gasteiger charge is -2.09. The number of amides is 3. The molecular weight excluding hydrogens is 418 g/mol. The molecule has 3 rings (SSSR count). The number of anilines is 1. The van der Waals surface area contributed by atoms with Crippen LogP contribution in [0.15, 0.2) is 82.8 Å². The summed E-state index contributed by atoms with van der Waals surface area (Å²) in [6.45, 7) is -0.612. The second-order valence-corrected chi connectivity index (χ2v) is 7.14. The lowest BCUT2D eigenvalue weighted by atomic mass is 10.3. The number of methoxy groups -OCH3 is 1. The van der Waals surface area contributed by atoms with Gasteiger partial charge in [0.25, 0.3) is 5.91 Å². The maximum Gasteiger partial charge on any atom is 0.341 e. The van der Waals surface area contributed by atoms with E-state index in [1.807, 2.05) is 30.3 Å². The van der Waals surface area contributed by atoms with Gasteiger partial charge in [0.1, 0.15) is 10.8 Å². The number of rotatable bonds is 7. The van der Waals surface area contributed by atoms with E-state index in [2.05, 4.69) is 15.6 Å². The average molecular weight is 437 g/mol. The number of urea groups is 1. The number of carbonyl (C=O) groups excluding carboxylic acids is 3. The normalized spacial score (nSPS) is 10.1. The monoisotopic (exact) mass is 437 g/mol. The first-order chi connectivity index (χ1) is 15.0. The fourth-order valence-electron chi connectivity index (χ4n) is 2.44. The summed E-state index contributed by atoms with van der Waals surface area (Å²) in [6, 6.07) is 18.4. The summed E-state index contributed by atoms with van der Waals surface area (Å²) < 4.78 is 10.1. The summed E-state index contributed by atoms with van der Waals surface area (Å²) in [7, 11) is 1.53. The van der Waals surface area contributed by atoms with Gasteiger partial charge >= 0.3 is 12.0 Å². The largest absolute Gasteiger partial charge is 0.497 e. The lowest BCUT2D eigenvalue weighted by molar-refractivity contribution is -0.123. The van der Waals surface area contributed by atoms with E-state index in [9.17, 15) is 14.4 Å². The van der Waals surface area contributed by atoms with E-state index in [4.69, 9.17) is 9.47 Å². The third-order valence-electron chi connectivity index (χ3n) is 3.88. The van der Waals surface area contributed by atoms with Crippen LogP contribution < -0.4 is 15.4 Å². The fourth-order valence-corrected chi connectivity index (χ4v) is 3.33. The smallest absolute Gasteiger partial charge is 0.341 e. The molecule has 0 aliphatic heterocycles. The Balaban J connectivity index is 1.52. The van der Waals surface area contributed by atoms with Gasteiger partial charge in [-0.3, -0.25) is 10.1 Å². The number of nitrogens with zero attached hydrogens (tertiary/aromatic N) is 1. The van der Waals surface area contributed by atoms with Crippen LogP contribution in [0.25, 0.3) is 0 Å². The van der Waals surface area contributed by atoms with Crippen molar-refractivity contribution < 1.29 is 23.9 Å². The van der Waals surface area contributed by atoms with Crippen molar-refractivity contribution in [3.63, 3.8) is 0 Å². The molecule has 9 heteroatoms. The summed E-state index contributed by atoms with van der Waals surface area (Å²) in [5.41, 5.74) is 0.702. The lowest BCUT2D eigenvalue weighted by Crippen LogP contribution is -2.37. The molecule has 2 N–H and O–H groups in total. The summed E-state index contributed by atoms with van der Waals surface area (Å²) in [5, 5.41) is 5.05. The highest BCUT2D eigenvalue weighted by Gasteiger charge is 2.17. The molecule has 3 amide bonds. The Kier molecular flexibility index (Phi) is 7.61. The Morgan fingerprint density at radius 2 is 1.71 bits per heavy atom. The van der Waals surface area contributed by atoms with Crippen LogP contribution in [0.1, 0.15) is 10.4 Å². The molecule has 3 aromatic rings. The van der Waals surface area contributed by atoms with Gasteiger partial charge < -0.3 is 14.8 Å². The first-order valence-electron chi connectivity index (χ1n) is 9.15.